The third kappa shape index (κ3) is 0.904. The molecular formula is C7H14N2O. The largest absolute Gasteiger partial charge is 0.287 e. The van der Waals surface area contributed by atoms with Gasteiger partial charge in [0.1, 0.15) is 5.84 Å². The molecule has 3 nitrogen and oxygen atoms in total. The number of nitrogens with one attached hydrogen (secondary N) is 1. The molecule has 0 radical (unpaired) electrons. The number of hydrogen-bond acceptors (Lipinski definition) is 2. The zero-order chi connectivity index (χ0) is 7.94. The first-order valence-electron chi connectivity index (χ1n) is 3.53. The fourth-order valence-corrected chi connectivity index (χ4v) is 1.47. The molecule has 1 atom stereocenters. The third-order valence-corrected chi connectivity index (χ3v) is 2.07. The van der Waals surface area contributed by atoms with Crippen LogP contribution in [-0.2, 0) is 0 Å². The second-order valence-electron chi connectivity index (χ2n) is 3.61. The molecule has 58 valence electrons. The van der Waals surface area contributed by atoms with Gasteiger partial charge in [0.2, 0.25) is 0 Å². The van der Waals surface area contributed by atoms with Gasteiger partial charge in [-0.15, -0.1) is 0 Å². The van der Waals surface area contributed by atoms with Gasteiger partial charge in [-0.3, -0.25) is 10.6 Å². The van der Waals surface area contributed by atoms with Gasteiger partial charge in [0.15, 0.2) is 0 Å². The maximum Gasteiger partial charge on any atom is 0.124 e. The third-order valence-electron chi connectivity index (χ3n) is 2.07. The van der Waals surface area contributed by atoms with Crippen molar-refractivity contribution in [1.82, 2.24) is 5.06 Å². The highest BCUT2D eigenvalue weighted by atomic mass is 16.5. The first-order chi connectivity index (χ1) is 4.45. The minimum Gasteiger partial charge on any atom is -0.287 e. The molecular weight excluding hydrogens is 128 g/mol. The summed E-state index contributed by atoms with van der Waals surface area (Å²) in [4.78, 5) is 0. The molecule has 10 heavy (non-hydrogen) atoms. The van der Waals surface area contributed by atoms with Crippen LogP contribution in [0.25, 0.3) is 0 Å². The van der Waals surface area contributed by atoms with E-state index >= 15 is 0 Å². The van der Waals surface area contributed by atoms with Gasteiger partial charge in [-0.2, -0.15) is 0 Å². The molecule has 1 heterocycles. The number of amidine groups is 1. The molecule has 0 aromatic heterocycles. The van der Waals surface area contributed by atoms with Gasteiger partial charge in [0, 0.05) is 5.92 Å². The molecule has 0 amide bonds. The van der Waals surface area contributed by atoms with E-state index in [9.17, 15) is 5.21 Å². The second-order valence-corrected chi connectivity index (χ2v) is 3.61. The van der Waals surface area contributed by atoms with Crippen LogP contribution in [0.4, 0.5) is 0 Å². The summed E-state index contributed by atoms with van der Waals surface area (Å²) >= 11 is 0. The molecule has 1 aliphatic rings. The van der Waals surface area contributed by atoms with E-state index in [1.165, 1.54) is 0 Å². The van der Waals surface area contributed by atoms with E-state index < -0.39 is 0 Å². The van der Waals surface area contributed by atoms with Gasteiger partial charge in [0.05, 0.1) is 5.54 Å². The van der Waals surface area contributed by atoms with Gasteiger partial charge in [-0.1, -0.05) is 6.92 Å². The van der Waals surface area contributed by atoms with Crippen LogP contribution in [0.2, 0.25) is 0 Å². The van der Waals surface area contributed by atoms with Crippen molar-refractivity contribution in [3.05, 3.63) is 0 Å². The van der Waals surface area contributed by atoms with E-state index in [0.717, 1.165) is 11.5 Å². The Hall–Kier alpha value is -0.570. The highest BCUT2D eigenvalue weighted by Gasteiger charge is 2.39. The van der Waals surface area contributed by atoms with Gasteiger partial charge in [-0.25, -0.2) is 5.06 Å². The molecule has 2 N–H and O–H groups in total. The smallest absolute Gasteiger partial charge is 0.124 e. The lowest BCUT2D eigenvalue weighted by atomic mass is 9.98. The monoisotopic (exact) mass is 142 g/mol. The minimum atomic E-state index is -0.240. The predicted octanol–water partition coefficient (Wildman–Crippen LogP) is 1.47. The molecule has 0 aromatic rings. The zero-order valence-corrected chi connectivity index (χ0v) is 6.68. The Morgan fingerprint density at radius 3 is 2.30 bits per heavy atom. The lowest BCUT2D eigenvalue weighted by Crippen LogP contribution is -2.37. The molecule has 1 fully saturated rings. The standard InChI is InChI=1S/C7H14N2O/c1-5-4-7(2,3)9(10)6(5)8/h5,8,10H,4H2,1-3H3. The first kappa shape index (κ1) is 7.54. The zero-order valence-electron chi connectivity index (χ0n) is 6.68. The summed E-state index contributed by atoms with van der Waals surface area (Å²) in [5.74, 6) is 0.532. The molecule has 3 heteroatoms. The predicted molar refractivity (Wildman–Crippen MR) is 39.2 cm³/mol. The van der Waals surface area contributed by atoms with E-state index in [0.29, 0.717) is 5.84 Å². The van der Waals surface area contributed by atoms with E-state index in [4.69, 9.17) is 5.41 Å². The number of hydrogen-bond donors (Lipinski definition) is 2. The Bertz CT molecular complexity index is 165. The van der Waals surface area contributed by atoms with Gasteiger partial charge in [-0.05, 0) is 20.3 Å². The molecule has 0 aromatic carbocycles. The Labute approximate surface area is 61.1 Å². The van der Waals surface area contributed by atoms with Gasteiger partial charge < -0.3 is 0 Å². The van der Waals surface area contributed by atoms with Crippen LogP contribution in [0.15, 0.2) is 0 Å². The lowest BCUT2D eigenvalue weighted by Gasteiger charge is -2.25. The number of hydroxylamine groups is 2. The van der Waals surface area contributed by atoms with Crippen molar-refractivity contribution in [2.75, 3.05) is 0 Å². The minimum absolute atomic E-state index is 0.194. The van der Waals surface area contributed by atoms with Crippen molar-refractivity contribution >= 4 is 5.84 Å². The average Bonchev–Trinajstić information content (AvgIpc) is 1.95. The summed E-state index contributed by atoms with van der Waals surface area (Å²) in [6.45, 7) is 5.83. The molecule has 1 aliphatic heterocycles. The second kappa shape index (κ2) is 1.95. The topological polar surface area (TPSA) is 47.3 Å². The molecule has 0 spiro atoms. The maximum absolute atomic E-state index is 9.30. The normalized spacial score (nSPS) is 31.4. The molecule has 0 aliphatic carbocycles. The van der Waals surface area contributed by atoms with Crippen molar-refractivity contribution in [1.29, 1.82) is 5.41 Å². The van der Waals surface area contributed by atoms with E-state index in [1.807, 2.05) is 20.8 Å². The van der Waals surface area contributed by atoms with Crippen LogP contribution in [0.1, 0.15) is 27.2 Å². The Morgan fingerprint density at radius 2 is 2.20 bits per heavy atom. The molecule has 1 unspecified atom stereocenters. The Kier molecular flexibility index (Phi) is 1.47. The number of rotatable bonds is 0. The molecule has 0 bridgehead atoms. The van der Waals surface area contributed by atoms with E-state index in [1.54, 1.807) is 0 Å². The maximum atomic E-state index is 9.30. The van der Waals surface area contributed by atoms with E-state index in [-0.39, 0.29) is 11.5 Å². The summed E-state index contributed by atoms with van der Waals surface area (Å²) in [6.07, 6.45) is 0.863. The van der Waals surface area contributed by atoms with E-state index in [2.05, 4.69) is 0 Å². The Balaban J connectivity index is 2.81. The summed E-state index contributed by atoms with van der Waals surface area (Å²) < 4.78 is 0. The SMILES string of the molecule is CC1CC(C)(C)N(O)C1=N. The first-order valence-corrected chi connectivity index (χ1v) is 3.53. The van der Waals surface area contributed by atoms with Crippen LogP contribution >= 0.6 is 0 Å². The van der Waals surface area contributed by atoms with Crippen molar-refractivity contribution in [2.24, 2.45) is 5.92 Å². The van der Waals surface area contributed by atoms with Crippen molar-refractivity contribution < 1.29 is 5.21 Å². The number of nitrogens with zero attached hydrogens (tertiary/aromatic N) is 1. The summed E-state index contributed by atoms with van der Waals surface area (Å²) in [5.41, 5.74) is -0.240. The average molecular weight is 142 g/mol. The molecule has 0 saturated carbocycles. The van der Waals surface area contributed by atoms with Crippen molar-refractivity contribution in [3.63, 3.8) is 0 Å². The summed E-state index contributed by atoms with van der Waals surface area (Å²) in [6, 6.07) is 0. The van der Waals surface area contributed by atoms with Crippen molar-refractivity contribution in [2.45, 2.75) is 32.7 Å². The Morgan fingerprint density at radius 1 is 1.70 bits per heavy atom. The molecule has 1 saturated heterocycles. The van der Waals surface area contributed by atoms with Crippen LogP contribution in [0.3, 0.4) is 0 Å². The quantitative estimate of drug-likeness (QED) is 0.538. The van der Waals surface area contributed by atoms with Gasteiger partial charge in [0.25, 0.3) is 0 Å². The fraction of sp³-hybridized carbons (Fsp3) is 0.857. The summed E-state index contributed by atoms with van der Waals surface area (Å²) in [5, 5.41) is 17.8. The highest BCUT2D eigenvalue weighted by Crippen LogP contribution is 2.31. The van der Waals surface area contributed by atoms with Crippen LogP contribution in [0.5, 0.6) is 0 Å². The van der Waals surface area contributed by atoms with Crippen LogP contribution in [-0.4, -0.2) is 21.6 Å². The molecule has 1 rings (SSSR count). The van der Waals surface area contributed by atoms with Crippen LogP contribution in [0, 0.1) is 11.3 Å². The van der Waals surface area contributed by atoms with Crippen LogP contribution < -0.4 is 0 Å². The van der Waals surface area contributed by atoms with Gasteiger partial charge >= 0.3 is 0 Å². The fourth-order valence-electron chi connectivity index (χ4n) is 1.47. The van der Waals surface area contributed by atoms with Crippen molar-refractivity contribution in [3.8, 4) is 0 Å². The lowest BCUT2D eigenvalue weighted by molar-refractivity contribution is -0.0800. The highest BCUT2D eigenvalue weighted by molar-refractivity contribution is 5.83. The summed E-state index contributed by atoms with van der Waals surface area (Å²) in [7, 11) is 0.